The van der Waals surface area contributed by atoms with Crippen molar-refractivity contribution in [2.24, 2.45) is 0 Å². The van der Waals surface area contributed by atoms with E-state index >= 15 is 0 Å². The summed E-state index contributed by atoms with van der Waals surface area (Å²) < 4.78 is 15.9. The minimum absolute atomic E-state index is 0.249. The van der Waals surface area contributed by atoms with Crippen molar-refractivity contribution < 1.29 is 28.6 Å². The lowest BCUT2D eigenvalue weighted by molar-refractivity contribution is -0.150. The lowest BCUT2D eigenvalue weighted by Crippen LogP contribution is -2.46. The van der Waals surface area contributed by atoms with Crippen LogP contribution in [0.2, 0.25) is 0 Å². The molecule has 2 heterocycles. The van der Waals surface area contributed by atoms with Crippen molar-refractivity contribution in [3.05, 3.63) is 41.5 Å². The molecule has 2 amide bonds. The summed E-state index contributed by atoms with van der Waals surface area (Å²) in [5.41, 5.74) is 2.07. The van der Waals surface area contributed by atoms with E-state index in [0.29, 0.717) is 19.4 Å². The third-order valence-corrected chi connectivity index (χ3v) is 4.94. The van der Waals surface area contributed by atoms with Gasteiger partial charge in [-0.1, -0.05) is 30.4 Å². The van der Waals surface area contributed by atoms with Crippen LogP contribution in [-0.4, -0.2) is 61.8 Å². The van der Waals surface area contributed by atoms with Crippen LogP contribution in [0.5, 0.6) is 0 Å². The van der Waals surface area contributed by atoms with Gasteiger partial charge in [0.15, 0.2) is 0 Å². The van der Waals surface area contributed by atoms with Gasteiger partial charge in [0, 0.05) is 13.0 Å². The van der Waals surface area contributed by atoms with Gasteiger partial charge in [-0.3, -0.25) is 4.79 Å². The average Bonchev–Trinajstić information content (AvgIpc) is 3.16. The zero-order chi connectivity index (χ0) is 20.6. The third-order valence-electron chi connectivity index (χ3n) is 4.94. The number of rotatable bonds is 1. The number of hydrogen-bond donors (Lipinski definition) is 1. The molecule has 2 aliphatic rings. The minimum Gasteiger partial charge on any atom is -0.467 e. The van der Waals surface area contributed by atoms with Crippen LogP contribution in [0.1, 0.15) is 30.4 Å². The summed E-state index contributed by atoms with van der Waals surface area (Å²) in [6.07, 6.45) is 4.90. The predicted octanol–water partition coefficient (Wildman–Crippen LogP) is 1.88. The van der Waals surface area contributed by atoms with Crippen LogP contribution >= 0.6 is 0 Å². The first kappa shape index (κ1) is 20.9. The Hall–Kier alpha value is -2.87. The molecule has 1 fully saturated rings. The normalized spacial score (nSPS) is 24.7. The van der Waals surface area contributed by atoms with Gasteiger partial charge in [0.05, 0.1) is 26.4 Å². The van der Waals surface area contributed by atoms with Gasteiger partial charge in [-0.2, -0.15) is 0 Å². The van der Waals surface area contributed by atoms with Crippen LogP contribution in [-0.2, 0) is 30.4 Å². The van der Waals surface area contributed by atoms with Crippen molar-refractivity contribution >= 4 is 24.0 Å². The Bertz CT molecular complexity index is 778. The van der Waals surface area contributed by atoms with Gasteiger partial charge < -0.3 is 24.4 Å². The van der Waals surface area contributed by atoms with Crippen molar-refractivity contribution in [1.82, 2.24) is 10.2 Å². The van der Waals surface area contributed by atoms with Crippen LogP contribution in [0.15, 0.2) is 30.3 Å². The van der Waals surface area contributed by atoms with E-state index < -0.39 is 18.1 Å². The van der Waals surface area contributed by atoms with E-state index in [2.05, 4.69) is 5.32 Å². The Balaban J connectivity index is 1.75. The minimum atomic E-state index is -0.730. The van der Waals surface area contributed by atoms with E-state index in [1.807, 2.05) is 36.4 Å². The SMILES string of the molecule is COC(=O)[C@@H]1C[C@@H]2CN1C(=O)CNC(=O)OCCC/C=C/c1cccc(c1)CO2. The molecule has 2 atom stereocenters. The number of benzene rings is 1. The molecule has 0 spiro atoms. The summed E-state index contributed by atoms with van der Waals surface area (Å²) in [6.45, 7) is 0.650. The quantitative estimate of drug-likeness (QED) is 0.721. The van der Waals surface area contributed by atoms with Crippen molar-refractivity contribution in [1.29, 1.82) is 0 Å². The molecule has 3 rings (SSSR count). The highest BCUT2D eigenvalue weighted by molar-refractivity contribution is 5.88. The van der Waals surface area contributed by atoms with Crippen LogP contribution in [0.4, 0.5) is 4.79 Å². The number of hydrogen-bond acceptors (Lipinski definition) is 6. The maximum Gasteiger partial charge on any atom is 0.407 e. The molecule has 0 unspecified atom stereocenters. The number of nitrogens with one attached hydrogen (secondary N) is 1. The van der Waals surface area contributed by atoms with Crippen LogP contribution in [0, 0.1) is 0 Å². The lowest BCUT2D eigenvalue weighted by atomic mass is 10.1. The lowest BCUT2D eigenvalue weighted by Gasteiger charge is -2.22. The maximum absolute atomic E-state index is 12.6. The molecule has 156 valence electrons. The van der Waals surface area contributed by atoms with Gasteiger partial charge in [0.25, 0.3) is 0 Å². The van der Waals surface area contributed by atoms with Gasteiger partial charge in [-0.05, 0) is 30.0 Å². The number of methoxy groups -OCH3 is 1. The fraction of sp³-hybridized carbons (Fsp3) is 0.476. The highest BCUT2D eigenvalue weighted by atomic mass is 16.5. The Morgan fingerprint density at radius 2 is 2.17 bits per heavy atom. The Morgan fingerprint density at radius 3 is 3.00 bits per heavy atom. The van der Waals surface area contributed by atoms with E-state index in [-0.39, 0.29) is 31.7 Å². The number of fused-ring (bicyclic) bond motifs is 4. The van der Waals surface area contributed by atoms with Crippen LogP contribution in [0.3, 0.4) is 0 Å². The van der Waals surface area contributed by atoms with E-state index in [1.54, 1.807) is 0 Å². The number of carbonyl (C=O) groups is 3. The molecule has 1 aromatic carbocycles. The van der Waals surface area contributed by atoms with Crippen molar-refractivity contribution in [3.63, 3.8) is 0 Å². The highest BCUT2D eigenvalue weighted by Crippen LogP contribution is 2.23. The Labute approximate surface area is 169 Å². The monoisotopic (exact) mass is 402 g/mol. The van der Waals surface area contributed by atoms with Crippen molar-refractivity contribution in [3.8, 4) is 0 Å². The molecule has 29 heavy (non-hydrogen) atoms. The van der Waals surface area contributed by atoms with E-state index in [1.165, 1.54) is 12.0 Å². The second kappa shape index (κ2) is 10.1. The number of alkyl carbamates (subject to hydrolysis) is 1. The Morgan fingerprint density at radius 1 is 1.31 bits per heavy atom. The third kappa shape index (κ3) is 5.80. The van der Waals surface area contributed by atoms with Gasteiger partial charge >= 0.3 is 12.1 Å². The highest BCUT2D eigenvalue weighted by Gasteiger charge is 2.40. The summed E-state index contributed by atoms with van der Waals surface area (Å²) in [5.74, 6) is -0.875. The molecular weight excluding hydrogens is 376 g/mol. The van der Waals surface area contributed by atoms with Gasteiger partial charge in [0.1, 0.15) is 12.6 Å². The molecule has 8 nitrogen and oxygen atoms in total. The Kier molecular flexibility index (Phi) is 7.24. The number of ether oxygens (including phenoxy) is 3. The fourth-order valence-electron chi connectivity index (χ4n) is 3.44. The smallest absolute Gasteiger partial charge is 0.407 e. The number of amides is 2. The molecule has 4 bridgehead atoms. The second-order valence-corrected chi connectivity index (χ2v) is 7.03. The number of nitrogens with zero attached hydrogens (tertiary/aromatic N) is 1. The van der Waals surface area contributed by atoms with Crippen LogP contribution in [0.25, 0.3) is 6.08 Å². The zero-order valence-electron chi connectivity index (χ0n) is 16.5. The van der Waals surface area contributed by atoms with E-state index in [4.69, 9.17) is 14.2 Å². The maximum atomic E-state index is 12.6. The molecule has 0 radical (unpaired) electrons. The number of allylic oxidation sites excluding steroid dienone is 1. The average molecular weight is 402 g/mol. The first-order valence-electron chi connectivity index (χ1n) is 9.72. The van der Waals surface area contributed by atoms with E-state index in [0.717, 1.165) is 17.5 Å². The van der Waals surface area contributed by atoms with Gasteiger partial charge in [0.2, 0.25) is 5.91 Å². The molecule has 0 aliphatic carbocycles. The summed E-state index contributed by atoms with van der Waals surface area (Å²) in [5, 5.41) is 2.44. The van der Waals surface area contributed by atoms with Crippen molar-refractivity contribution in [2.75, 3.05) is 26.8 Å². The zero-order valence-corrected chi connectivity index (χ0v) is 16.5. The molecule has 8 heteroatoms. The largest absolute Gasteiger partial charge is 0.467 e. The topological polar surface area (TPSA) is 94.2 Å². The first-order chi connectivity index (χ1) is 14.1. The summed E-state index contributed by atoms with van der Waals surface area (Å²) in [7, 11) is 1.29. The molecule has 1 N–H and O–H groups in total. The number of carbonyl (C=O) groups excluding carboxylic acids is 3. The summed E-state index contributed by atoms with van der Waals surface area (Å²) in [4.78, 5) is 37.9. The summed E-state index contributed by atoms with van der Waals surface area (Å²) >= 11 is 0. The van der Waals surface area contributed by atoms with Crippen molar-refractivity contribution in [2.45, 2.75) is 38.0 Å². The molecule has 0 aromatic heterocycles. The first-order valence-corrected chi connectivity index (χ1v) is 9.72. The standard InChI is InChI=1S/C21H26N2O6/c1-27-20(25)18-11-17-13-23(18)19(24)12-22-21(26)28-9-4-2-3-6-15-7-5-8-16(10-15)14-29-17/h3,5-8,10,17-18H,2,4,9,11-14H2,1H3,(H,22,26)/b6-3+/t17-,18+/m1/s1. The number of esters is 1. The van der Waals surface area contributed by atoms with Crippen LogP contribution < -0.4 is 5.32 Å². The fourth-order valence-corrected chi connectivity index (χ4v) is 3.44. The van der Waals surface area contributed by atoms with Gasteiger partial charge in [-0.15, -0.1) is 0 Å². The predicted molar refractivity (Wildman–Crippen MR) is 105 cm³/mol. The number of cyclic esters (lactones) is 1. The second-order valence-electron chi connectivity index (χ2n) is 7.03. The van der Waals surface area contributed by atoms with E-state index in [9.17, 15) is 14.4 Å². The summed E-state index contributed by atoms with van der Waals surface area (Å²) in [6, 6.07) is 7.26. The molecular formula is C21H26N2O6. The van der Waals surface area contributed by atoms with Gasteiger partial charge in [-0.25, -0.2) is 9.59 Å². The molecule has 2 aliphatic heterocycles. The molecule has 1 saturated heterocycles. The molecule has 1 aromatic rings. The molecule has 0 saturated carbocycles.